The SMILES string of the molecule is CCNC(=O)C1COCCN1c1ccc(CO)cc1C. The molecule has 1 amide bonds. The highest BCUT2D eigenvalue weighted by Gasteiger charge is 2.30. The van der Waals surface area contributed by atoms with E-state index in [1.165, 1.54) is 0 Å². The van der Waals surface area contributed by atoms with Gasteiger partial charge in [-0.15, -0.1) is 0 Å². The van der Waals surface area contributed by atoms with Gasteiger partial charge in [-0.2, -0.15) is 0 Å². The lowest BCUT2D eigenvalue weighted by Gasteiger charge is -2.37. The molecule has 1 aromatic carbocycles. The molecule has 0 aromatic heterocycles. The van der Waals surface area contributed by atoms with Crippen molar-refractivity contribution in [3.63, 3.8) is 0 Å². The largest absolute Gasteiger partial charge is 0.392 e. The number of hydrogen-bond donors (Lipinski definition) is 2. The van der Waals surface area contributed by atoms with Crippen LogP contribution in [-0.4, -0.2) is 43.4 Å². The summed E-state index contributed by atoms with van der Waals surface area (Å²) in [7, 11) is 0. The molecule has 0 aliphatic carbocycles. The number of carbonyl (C=O) groups excluding carboxylic acids is 1. The van der Waals surface area contributed by atoms with Crippen molar-refractivity contribution in [2.24, 2.45) is 0 Å². The number of nitrogens with zero attached hydrogens (tertiary/aromatic N) is 1. The first-order valence-corrected chi connectivity index (χ1v) is 6.99. The Balaban J connectivity index is 2.25. The number of aliphatic hydroxyl groups excluding tert-OH is 1. The first kappa shape index (κ1) is 14.8. The minimum Gasteiger partial charge on any atom is -0.392 e. The van der Waals surface area contributed by atoms with E-state index in [2.05, 4.69) is 10.2 Å². The van der Waals surface area contributed by atoms with Gasteiger partial charge in [0.15, 0.2) is 0 Å². The van der Waals surface area contributed by atoms with E-state index in [-0.39, 0.29) is 18.6 Å². The smallest absolute Gasteiger partial charge is 0.245 e. The summed E-state index contributed by atoms with van der Waals surface area (Å²) >= 11 is 0. The second-order valence-electron chi connectivity index (χ2n) is 4.96. The second-order valence-corrected chi connectivity index (χ2v) is 4.96. The van der Waals surface area contributed by atoms with Gasteiger partial charge in [-0.25, -0.2) is 0 Å². The summed E-state index contributed by atoms with van der Waals surface area (Å²) < 4.78 is 5.44. The lowest BCUT2D eigenvalue weighted by atomic mass is 10.1. The Hall–Kier alpha value is -1.59. The normalized spacial score (nSPS) is 18.9. The maximum atomic E-state index is 12.1. The van der Waals surface area contributed by atoms with Crippen LogP contribution in [0.5, 0.6) is 0 Å². The number of carbonyl (C=O) groups is 1. The number of anilines is 1. The zero-order chi connectivity index (χ0) is 14.5. The Kier molecular flexibility index (Phi) is 4.98. The Morgan fingerprint density at radius 3 is 3.00 bits per heavy atom. The maximum Gasteiger partial charge on any atom is 0.245 e. The number of hydrogen-bond acceptors (Lipinski definition) is 4. The first-order valence-electron chi connectivity index (χ1n) is 6.99. The molecule has 0 bridgehead atoms. The molecule has 1 heterocycles. The highest BCUT2D eigenvalue weighted by molar-refractivity contribution is 5.86. The lowest BCUT2D eigenvalue weighted by molar-refractivity contribution is -0.124. The molecule has 1 fully saturated rings. The van der Waals surface area contributed by atoms with Crippen molar-refractivity contribution >= 4 is 11.6 Å². The molecule has 20 heavy (non-hydrogen) atoms. The van der Waals surface area contributed by atoms with Crippen LogP contribution in [-0.2, 0) is 16.1 Å². The van der Waals surface area contributed by atoms with E-state index in [9.17, 15) is 9.90 Å². The van der Waals surface area contributed by atoms with Gasteiger partial charge >= 0.3 is 0 Å². The van der Waals surface area contributed by atoms with E-state index in [1.54, 1.807) is 0 Å². The van der Waals surface area contributed by atoms with Gasteiger partial charge in [-0.3, -0.25) is 4.79 Å². The molecule has 0 saturated carbocycles. The van der Waals surface area contributed by atoms with E-state index in [0.29, 0.717) is 26.3 Å². The fourth-order valence-electron chi connectivity index (χ4n) is 2.54. The van der Waals surface area contributed by atoms with Crippen molar-refractivity contribution in [1.29, 1.82) is 0 Å². The molecular formula is C15H22N2O3. The first-order chi connectivity index (χ1) is 9.67. The number of benzene rings is 1. The summed E-state index contributed by atoms with van der Waals surface area (Å²) in [5.74, 6) is -0.00200. The number of rotatable bonds is 4. The van der Waals surface area contributed by atoms with Crippen molar-refractivity contribution in [2.75, 3.05) is 31.2 Å². The van der Waals surface area contributed by atoms with Crippen LogP contribution < -0.4 is 10.2 Å². The predicted octanol–water partition coefficient (Wildman–Crippen LogP) is 0.829. The molecule has 2 N–H and O–H groups in total. The van der Waals surface area contributed by atoms with Gasteiger partial charge in [0.1, 0.15) is 6.04 Å². The maximum absolute atomic E-state index is 12.1. The highest BCUT2D eigenvalue weighted by Crippen LogP contribution is 2.25. The molecule has 5 heteroatoms. The summed E-state index contributed by atoms with van der Waals surface area (Å²) in [4.78, 5) is 14.2. The average molecular weight is 278 g/mol. The van der Waals surface area contributed by atoms with Gasteiger partial charge in [0, 0.05) is 18.8 Å². The minimum atomic E-state index is -0.289. The van der Waals surface area contributed by atoms with Crippen molar-refractivity contribution in [3.05, 3.63) is 29.3 Å². The van der Waals surface area contributed by atoms with E-state index < -0.39 is 0 Å². The fourth-order valence-corrected chi connectivity index (χ4v) is 2.54. The van der Waals surface area contributed by atoms with Gasteiger partial charge in [-0.1, -0.05) is 12.1 Å². The monoisotopic (exact) mass is 278 g/mol. The minimum absolute atomic E-state index is 0.00200. The number of ether oxygens (including phenoxy) is 1. The van der Waals surface area contributed by atoms with Crippen LogP contribution in [0.3, 0.4) is 0 Å². The molecular weight excluding hydrogens is 256 g/mol. The second kappa shape index (κ2) is 6.72. The number of amides is 1. The van der Waals surface area contributed by atoms with Crippen LogP contribution in [0.15, 0.2) is 18.2 Å². The zero-order valence-electron chi connectivity index (χ0n) is 12.1. The van der Waals surface area contributed by atoms with Crippen molar-refractivity contribution in [1.82, 2.24) is 5.32 Å². The molecule has 1 aliphatic rings. The third-order valence-corrected chi connectivity index (χ3v) is 3.54. The lowest BCUT2D eigenvalue weighted by Crippen LogP contribution is -2.54. The quantitative estimate of drug-likeness (QED) is 0.856. The van der Waals surface area contributed by atoms with Gasteiger partial charge < -0.3 is 20.1 Å². The predicted molar refractivity (Wildman–Crippen MR) is 77.7 cm³/mol. The molecule has 1 unspecified atom stereocenters. The average Bonchev–Trinajstić information content (AvgIpc) is 2.47. The number of aliphatic hydroxyl groups is 1. The number of aryl methyl sites for hydroxylation is 1. The third-order valence-electron chi connectivity index (χ3n) is 3.54. The van der Waals surface area contributed by atoms with E-state index >= 15 is 0 Å². The molecule has 110 valence electrons. The van der Waals surface area contributed by atoms with Gasteiger partial charge in [0.2, 0.25) is 5.91 Å². The van der Waals surface area contributed by atoms with Crippen molar-refractivity contribution < 1.29 is 14.6 Å². The Labute approximate surface area is 119 Å². The molecule has 2 rings (SSSR count). The standard InChI is InChI=1S/C15H22N2O3/c1-3-16-15(19)14-10-20-7-6-17(14)13-5-4-12(9-18)8-11(13)2/h4-5,8,14,18H,3,6-7,9-10H2,1-2H3,(H,16,19). The van der Waals surface area contributed by atoms with E-state index in [0.717, 1.165) is 16.8 Å². The molecule has 1 atom stereocenters. The Bertz CT molecular complexity index is 476. The molecule has 0 spiro atoms. The summed E-state index contributed by atoms with van der Waals surface area (Å²) in [5.41, 5.74) is 2.98. The molecule has 1 aromatic rings. The Morgan fingerprint density at radius 2 is 2.35 bits per heavy atom. The molecule has 0 radical (unpaired) electrons. The van der Waals surface area contributed by atoms with Crippen molar-refractivity contribution in [3.8, 4) is 0 Å². The van der Waals surface area contributed by atoms with Crippen LogP contribution in [0.2, 0.25) is 0 Å². The number of nitrogens with one attached hydrogen (secondary N) is 1. The highest BCUT2D eigenvalue weighted by atomic mass is 16.5. The third kappa shape index (κ3) is 3.11. The van der Waals surface area contributed by atoms with E-state index in [1.807, 2.05) is 32.0 Å². The van der Waals surface area contributed by atoms with Crippen LogP contribution in [0.1, 0.15) is 18.1 Å². The zero-order valence-corrected chi connectivity index (χ0v) is 12.1. The fraction of sp³-hybridized carbons (Fsp3) is 0.533. The van der Waals surface area contributed by atoms with Crippen LogP contribution in [0.4, 0.5) is 5.69 Å². The topological polar surface area (TPSA) is 61.8 Å². The number of morpholine rings is 1. The van der Waals surface area contributed by atoms with Crippen LogP contribution in [0, 0.1) is 6.92 Å². The summed E-state index contributed by atoms with van der Waals surface area (Å²) in [6.45, 7) is 6.28. The van der Waals surface area contributed by atoms with Crippen molar-refractivity contribution in [2.45, 2.75) is 26.5 Å². The van der Waals surface area contributed by atoms with Crippen LogP contribution >= 0.6 is 0 Å². The van der Waals surface area contributed by atoms with E-state index in [4.69, 9.17) is 4.74 Å². The van der Waals surface area contributed by atoms with Gasteiger partial charge in [0.25, 0.3) is 0 Å². The summed E-state index contributed by atoms with van der Waals surface area (Å²) in [5, 5.41) is 12.0. The van der Waals surface area contributed by atoms with Gasteiger partial charge in [0.05, 0.1) is 19.8 Å². The van der Waals surface area contributed by atoms with Gasteiger partial charge in [-0.05, 0) is 31.0 Å². The summed E-state index contributed by atoms with van der Waals surface area (Å²) in [6, 6.07) is 5.53. The molecule has 5 nitrogen and oxygen atoms in total. The number of likely N-dealkylation sites (N-methyl/N-ethyl adjacent to an activating group) is 1. The summed E-state index contributed by atoms with van der Waals surface area (Å²) in [6.07, 6.45) is 0. The Morgan fingerprint density at radius 1 is 1.55 bits per heavy atom. The van der Waals surface area contributed by atoms with Crippen LogP contribution in [0.25, 0.3) is 0 Å². The molecule has 1 aliphatic heterocycles. The molecule has 1 saturated heterocycles.